The zero-order valence-electron chi connectivity index (χ0n) is 42.1. The molecule has 8 rings (SSSR count). The molecular weight excluding hydrogens is 917 g/mol. The van der Waals surface area contributed by atoms with Gasteiger partial charge in [-0.25, -0.2) is 9.59 Å². The Morgan fingerprint density at radius 3 is 1.36 bits per heavy atom. The van der Waals surface area contributed by atoms with Gasteiger partial charge in [0.25, 0.3) is 0 Å². The Hall–Kier alpha value is -7.11. The van der Waals surface area contributed by atoms with E-state index >= 15 is 0 Å². The Balaban J connectivity index is 0.000000876. The molecule has 2 saturated heterocycles. The Morgan fingerprint density at radius 1 is 0.569 bits per heavy atom. The maximum absolute atomic E-state index is 13.6. The van der Waals surface area contributed by atoms with E-state index in [1.54, 1.807) is 14.2 Å². The number of aromatic nitrogens is 4. The molecule has 0 aliphatic carbocycles. The first kappa shape index (κ1) is 52.7. The highest BCUT2D eigenvalue weighted by Crippen LogP contribution is 2.32. The van der Waals surface area contributed by atoms with Gasteiger partial charge in [-0.05, 0) is 111 Å². The zero-order chi connectivity index (χ0) is 50.8. The molecule has 4 N–H and O–H groups in total. The lowest BCUT2D eigenvalue weighted by molar-refractivity contribution is -0.134. The fourth-order valence-electron chi connectivity index (χ4n) is 9.44. The molecule has 2 aromatic heterocycles. The summed E-state index contributed by atoms with van der Waals surface area (Å²) in [6, 6.07) is 28.8. The average molecular weight is 987 g/mol. The zero-order valence-corrected chi connectivity index (χ0v) is 42.1. The molecule has 2 atom stereocenters. The first-order valence-electron chi connectivity index (χ1n) is 25.1. The summed E-state index contributed by atoms with van der Waals surface area (Å²) >= 11 is 0. The normalized spacial score (nSPS) is 15.3. The summed E-state index contributed by atoms with van der Waals surface area (Å²) in [6.07, 6.45) is 6.46. The van der Waals surface area contributed by atoms with Crippen LogP contribution in [-0.2, 0) is 27.2 Å². The molecule has 0 radical (unpaired) electrons. The average Bonchev–Trinajstić information content (AvgIpc) is 4.04. The van der Waals surface area contributed by atoms with Crippen LogP contribution in [0.25, 0.3) is 21.8 Å². The number of hydrogen-bond donors (Lipinski definition) is 4. The van der Waals surface area contributed by atoms with Crippen LogP contribution in [0.15, 0.2) is 97.1 Å². The molecule has 2 aliphatic heterocycles. The van der Waals surface area contributed by atoms with Gasteiger partial charge < -0.3 is 39.0 Å². The Bertz CT molecular complexity index is 2540. The second kappa shape index (κ2) is 26.4. The van der Waals surface area contributed by atoms with E-state index in [9.17, 15) is 14.4 Å². The standard InChI is InChI=1S/C51H66N8O5.C4H4O4/c1-37(33-39-17-19-45(47(35-39)61-3)63-31-11-9-21-56-23-27-58(28-24-56)50-41-13-5-7-15-43(41)52-54-50)49(60)38(2)34-40-18-20-46(48(36-40)62-4)64-32-12-10-22-57-25-29-59(30-26-57)51-42-14-6-8-16-44(42)53-55-51;5-3(6)1-2-4(7)8/h5-8,13-20,35-38H,9-12,21-34H2,1-4H3,(H,52,54)(H,53,55);1-2H,(H,5,6)(H,7,8)/b;2-1+. The number of ether oxygens (including phenoxy) is 4. The molecule has 6 aromatic rings. The van der Waals surface area contributed by atoms with Gasteiger partial charge in [-0.2, -0.15) is 10.2 Å². The van der Waals surface area contributed by atoms with E-state index < -0.39 is 11.9 Å². The van der Waals surface area contributed by atoms with Crippen molar-refractivity contribution >= 4 is 51.2 Å². The molecule has 0 bridgehead atoms. The van der Waals surface area contributed by atoms with Gasteiger partial charge in [-0.15, -0.1) is 0 Å². The van der Waals surface area contributed by atoms with Crippen molar-refractivity contribution in [1.82, 2.24) is 30.2 Å². The molecule has 2 unspecified atom stereocenters. The van der Waals surface area contributed by atoms with Crippen LogP contribution in [-0.4, -0.2) is 151 Å². The van der Waals surface area contributed by atoms with Gasteiger partial charge in [0.2, 0.25) is 0 Å². The van der Waals surface area contributed by atoms with E-state index in [0.717, 1.165) is 136 Å². The third-order valence-corrected chi connectivity index (χ3v) is 13.4. The van der Waals surface area contributed by atoms with Gasteiger partial charge in [0.05, 0.1) is 38.5 Å². The number of benzene rings is 4. The quantitative estimate of drug-likeness (QED) is 0.0339. The van der Waals surface area contributed by atoms with E-state index in [4.69, 9.17) is 29.2 Å². The molecule has 0 amide bonds. The lowest BCUT2D eigenvalue weighted by Crippen LogP contribution is -2.46. The number of aromatic amines is 2. The van der Waals surface area contributed by atoms with Crippen molar-refractivity contribution in [1.29, 1.82) is 0 Å². The molecule has 4 aromatic carbocycles. The minimum atomic E-state index is -1.26. The van der Waals surface area contributed by atoms with Crippen LogP contribution in [0.3, 0.4) is 0 Å². The van der Waals surface area contributed by atoms with Gasteiger partial charge in [0.15, 0.2) is 34.6 Å². The van der Waals surface area contributed by atoms with Crippen molar-refractivity contribution in [3.63, 3.8) is 0 Å². The summed E-state index contributed by atoms with van der Waals surface area (Å²) in [5, 5.41) is 33.5. The van der Waals surface area contributed by atoms with Crippen LogP contribution < -0.4 is 28.7 Å². The van der Waals surface area contributed by atoms with Gasteiger partial charge >= 0.3 is 11.9 Å². The van der Waals surface area contributed by atoms with E-state index in [1.165, 1.54) is 10.8 Å². The number of nitrogens with zero attached hydrogens (tertiary/aromatic N) is 6. The Morgan fingerprint density at radius 2 is 0.972 bits per heavy atom. The molecule has 17 nitrogen and oxygen atoms in total. The lowest BCUT2D eigenvalue weighted by atomic mass is 9.87. The number of carboxylic acid groups (broad SMARTS) is 2. The largest absolute Gasteiger partial charge is 0.493 e. The monoisotopic (exact) mass is 987 g/mol. The van der Waals surface area contributed by atoms with Crippen LogP contribution in [0.5, 0.6) is 23.0 Å². The highest BCUT2D eigenvalue weighted by molar-refractivity contribution is 5.91. The molecule has 4 heterocycles. The number of rotatable bonds is 24. The van der Waals surface area contributed by atoms with Crippen LogP contribution in [0.1, 0.15) is 50.7 Å². The molecule has 384 valence electrons. The van der Waals surface area contributed by atoms with Crippen molar-refractivity contribution in [2.24, 2.45) is 11.8 Å². The number of Topliss-reactive ketones (excluding diaryl/α,β-unsaturated/α-hetero) is 1. The molecule has 0 saturated carbocycles. The van der Waals surface area contributed by atoms with Crippen molar-refractivity contribution in [2.75, 3.05) is 103 Å². The van der Waals surface area contributed by atoms with Gasteiger partial charge in [0, 0.05) is 87.1 Å². The van der Waals surface area contributed by atoms with Gasteiger partial charge in [0.1, 0.15) is 5.78 Å². The number of aliphatic carboxylic acids is 2. The number of nitrogens with one attached hydrogen (secondary N) is 2. The van der Waals surface area contributed by atoms with Crippen LogP contribution in [0, 0.1) is 11.8 Å². The molecule has 72 heavy (non-hydrogen) atoms. The molecular formula is C55H70N8O9. The third kappa shape index (κ3) is 14.7. The Kier molecular flexibility index (Phi) is 19.3. The number of unbranched alkanes of at least 4 members (excludes halogenated alkanes) is 2. The topological polar surface area (TPSA) is 199 Å². The predicted octanol–water partition coefficient (Wildman–Crippen LogP) is 7.76. The number of anilines is 2. The first-order valence-corrected chi connectivity index (χ1v) is 25.1. The van der Waals surface area contributed by atoms with Gasteiger partial charge in [-0.3, -0.25) is 24.8 Å². The van der Waals surface area contributed by atoms with Gasteiger partial charge in [-0.1, -0.05) is 50.2 Å². The SMILES string of the molecule is COc1cc(CC(C)C(=O)C(C)Cc2ccc(OCCCCN3CCN(c4n[nH]c5ccccc45)CC3)c(OC)c2)ccc1OCCCCN1CCN(c2n[nH]c3ccccc23)CC1.O=C(O)/C=C/C(=O)O. The number of carbonyl (C=O) groups excluding carboxylic acids is 1. The summed E-state index contributed by atoms with van der Waals surface area (Å²) in [7, 11) is 3.35. The number of carbonyl (C=O) groups is 3. The molecule has 17 heteroatoms. The van der Waals surface area contributed by atoms with Crippen molar-refractivity contribution in [3.05, 3.63) is 108 Å². The van der Waals surface area contributed by atoms with E-state index in [0.29, 0.717) is 49.7 Å². The fraction of sp³-hybridized carbons (Fsp3) is 0.436. The number of piperazine rings is 2. The number of para-hydroxylation sites is 2. The maximum Gasteiger partial charge on any atom is 0.328 e. The van der Waals surface area contributed by atoms with Crippen molar-refractivity contribution in [3.8, 4) is 23.0 Å². The number of hydrogen-bond acceptors (Lipinski definition) is 13. The molecule has 2 aliphatic rings. The van der Waals surface area contributed by atoms with Crippen LogP contribution in [0.4, 0.5) is 11.6 Å². The van der Waals surface area contributed by atoms with E-state index in [1.807, 2.05) is 50.2 Å². The highest BCUT2D eigenvalue weighted by atomic mass is 16.5. The predicted molar refractivity (Wildman–Crippen MR) is 280 cm³/mol. The summed E-state index contributed by atoms with van der Waals surface area (Å²) in [4.78, 5) is 42.6. The minimum absolute atomic E-state index is 0.142. The second-order valence-corrected chi connectivity index (χ2v) is 18.5. The minimum Gasteiger partial charge on any atom is -0.493 e. The fourth-order valence-corrected chi connectivity index (χ4v) is 9.44. The van der Waals surface area contributed by atoms with Crippen LogP contribution >= 0.6 is 0 Å². The first-order chi connectivity index (χ1) is 35.0. The number of fused-ring (bicyclic) bond motifs is 2. The summed E-state index contributed by atoms with van der Waals surface area (Å²) in [6.45, 7) is 15.4. The maximum atomic E-state index is 13.6. The van der Waals surface area contributed by atoms with Crippen LogP contribution in [0.2, 0.25) is 0 Å². The smallest absolute Gasteiger partial charge is 0.328 e. The number of methoxy groups -OCH3 is 2. The summed E-state index contributed by atoms with van der Waals surface area (Å²) in [5.74, 6) is 2.45. The molecule has 2 fully saturated rings. The Labute approximate surface area is 421 Å². The summed E-state index contributed by atoms with van der Waals surface area (Å²) in [5.41, 5.74) is 4.29. The molecule has 0 spiro atoms. The number of H-pyrrole nitrogens is 2. The lowest BCUT2D eigenvalue weighted by Gasteiger charge is -2.35. The van der Waals surface area contributed by atoms with Crippen molar-refractivity contribution < 1.29 is 43.5 Å². The second-order valence-electron chi connectivity index (χ2n) is 18.5. The highest BCUT2D eigenvalue weighted by Gasteiger charge is 2.24. The van der Waals surface area contributed by atoms with E-state index in [2.05, 4.69) is 88.5 Å². The number of ketones is 1. The summed E-state index contributed by atoms with van der Waals surface area (Å²) < 4.78 is 23.8. The van der Waals surface area contributed by atoms with Crippen molar-refractivity contribution in [2.45, 2.75) is 52.4 Å². The van der Waals surface area contributed by atoms with E-state index in [-0.39, 0.29) is 17.6 Å². The number of carboxylic acids is 2. The third-order valence-electron chi connectivity index (χ3n) is 13.4.